The Bertz CT molecular complexity index is 788. The van der Waals surface area contributed by atoms with Gasteiger partial charge in [0, 0.05) is 17.3 Å². The molecule has 3 heteroatoms. The van der Waals surface area contributed by atoms with Gasteiger partial charge in [-0.15, -0.1) is 0 Å². The molecular weight excluding hydrogens is 262 g/mol. The third-order valence-electron chi connectivity index (χ3n) is 3.60. The molecule has 0 saturated heterocycles. The van der Waals surface area contributed by atoms with Crippen molar-refractivity contribution >= 4 is 16.7 Å². The molecule has 0 aliphatic carbocycles. The van der Waals surface area contributed by atoms with Gasteiger partial charge < -0.3 is 9.72 Å². The number of H-pyrrole nitrogens is 1. The molecule has 3 nitrogen and oxygen atoms in total. The van der Waals surface area contributed by atoms with Crippen LogP contribution < -0.4 is 4.74 Å². The van der Waals surface area contributed by atoms with Crippen LogP contribution in [0, 0.1) is 6.92 Å². The topological polar surface area (TPSA) is 42.1 Å². The Balaban J connectivity index is 2.02. The van der Waals surface area contributed by atoms with E-state index >= 15 is 0 Å². The summed E-state index contributed by atoms with van der Waals surface area (Å²) in [7, 11) is 0. The van der Waals surface area contributed by atoms with Crippen molar-refractivity contribution in [3.8, 4) is 5.75 Å². The fraction of sp³-hybridized carbons (Fsp3) is 0.167. The number of carbonyl (C=O) groups is 1. The number of aromatic amines is 1. The number of fused-ring (bicyclic) bond motifs is 1. The van der Waals surface area contributed by atoms with Crippen LogP contribution in [-0.2, 0) is 6.61 Å². The summed E-state index contributed by atoms with van der Waals surface area (Å²) in [6.07, 6.45) is 1.75. The van der Waals surface area contributed by atoms with Gasteiger partial charge >= 0.3 is 0 Å². The number of ketones is 1. The Morgan fingerprint density at radius 1 is 1.14 bits per heavy atom. The van der Waals surface area contributed by atoms with Gasteiger partial charge in [-0.25, -0.2) is 0 Å². The molecule has 106 valence electrons. The minimum absolute atomic E-state index is 0.0383. The molecule has 0 atom stereocenters. The first-order valence-electron chi connectivity index (χ1n) is 6.95. The number of aryl methyl sites for hydroxylation is 1. The molecule has 0 aliphatic heterocycles. The molecule has 0 fully saturated rings. The van der Waals surface area contributed by atoms with Crippen LogP contribution in [0.4, 0.5) is 0 Å². The second-order valence-corrected chi connectivity index (χ2v) is 5.17. The molecule has 0 aliphatic rings. The first-order valence-corrected chi connectivity index (χ1v) is 6.95. The highest BCUT2D eigenvalue weighted by Gasteiger charge is 2.15. The highest BCUT2D eigenvalue weighted by atomic mass is 16.5. The molecule has 1 N–H and O–H groups in total. The summed E-state index contributed by atoms with van der Waals surface area (Å²) in [5.41, 5.74) is 3.74. The minimum Gasteiger partial charge on any atom is -0.488 e. The molecule has 0 unspecified atom stereocenters. The summed E-state index contributed by atoms with van der Waals surface area (Å²) >= 11 is 0. The lowest BCUT2D eigenvalue weighted by Gasteiger charge is -2.11. The summed E-state index contributed by atoms with van der Waals surface area (Å²) < 4.78 is 6.01. The Morgan fingerprint density at radius 2 is 1.90 bits per heavy atom. The Kier molecular flexibility index (Phi) is 3.48. The molecule has 1 heterocycles. The van der Waals surface area contributed by atoms with Gasteiger partial charge in [-0.05, 0) is 31.0 Å². The van der Waals surface area contributed by atoms with E-state index in [1.807, 2.05) is 49.4 Å². The van der Waals surface area contributed by atoms with Gasteiger partial charge in [0.25, 0.3) is 0 Å². The minimum atomic E-state index is 0.0383. The molecule has 0 spiro atoms. The van der Waals surface area contributed by atoms with Gasteiger partial charge in [0.15, 0.2) is 5.78 Å². The van der Waals surface area contributed by atoms with Gasteiger partial charge in [0.1, 0.15) is 12.4 Å². The summed E-state index contributed by atoms with van der Waals surface area (Å²) in [5, 5.41) is 0.874. The smallest absolute Gasteiger partial charge is 0.162 e. The maximum atomic E-state index is 11.8. The van der Waals surface area contributed by atoms with Crippen molar-refractivity contribution in [3.63, 3.8) is 0 Å². The molecule has 0 bridgehead atoms. The Morgan fingerprint density at radius 3 is 2.62 bits per heavy atom. The molecule has 0 amide bonds. The van der Waals surface area contributed by atoms with Gasteiger partial charge in [-0.1, -0.05) is 36.4 Å². The third-order valence-corrected chi connectivity index (χ3v) is 3.60. The zero-order chi connectivity index (χ0) is 14.8. The lowest BCUT2D eigenvalue weighted by Crippen LogP contribution is -1.99. The number of hydrogen-bond acceptors (Lipinski definition) is 2. The number of Topliss-reactive ketones (excluding diaryl/α,β-unsaturated/α-hetero) is 1. The average Bonchev–Trinajstić information content (AvgIpc) is 2.91. The number of carbonyl (C=O) groups excluding carboxylic acids is 1. The first-order chi connectivity index (χ1) is 10.2. The average molecular weight is 279 g/mol. The summed E-state index contributed by atoms with van der Waals surface area (Å²) in [6.45, 7) is 4.06. The van der Waals surface area contributed by atoms with E-state index in [0.29, 0.717) is 12.2 Å². The Labute approximate surface area is 123 Å². The number of benzene rings is 2. The third kappa shape index (κ3) is 2.55. The molecule has 2 aromatic carbocycles. The maximum Gasteiger partial charge on any atom is 0.162 e. The number of ether oxygens (including phenoxy) is 1. The van der Waals surface area contributed by atoms with Crippen LogP contribution in [-0.4, -0.2) is 10.8 Å². The quantitative estimate of drug-likeness (QED) is 0.725. The second-order valence-electron chi connectivity index (χ2n) is 5.17. The molecule has 0 saturated carbocycles. The first kappa shape index (κ1) is 13.4. The van der Waals surface area contributed by atoms with E-state index in [1.165, 1.54) is 0 Å². The van der Waals surface area contributed by atoms with E-state index in [4.69, 9.17) is 4.74 Å². The number of aromatic nitrogens is 1. The van der Waals surface area contributed by atoms with Gasteiger partial charge in [-0.3, -0.25) is 4.79 Å². The zero-order valence-corrected chi connectivity index (χ0v) is 12.1. The molecule has 3 rings (SSSR count). The Hall–Kier alpha value is -2.55. The number of hydrogen-bond donors (Lipinski definition) is 1. The predicted molar refractivity (Wildman–Crippen MR) is 83.8 cm³/mol. The van der Waals surface area contributed by atoms with Crippen LogP contribution in [0.2, 0.25) is 0 Å². The summed E-state index contributed by atoms with van der Waals surface area (Å²) in [6, 6.07) is 14.0. The van der Waals surface area contributed by atoms with Gasteiger partial charge in [0.2, 0.25) is 0 Å². The summed E-state index contributed by atoms with van der Waals surface area (Å²) in [5.74, 6) is 0.819. The van der Waals surface area contributed by atoms with Crippen molar-refractivity contribution < 1.29 is 9.53 Å². The van der Waals surface area contributed by atoms with Crippen LogP contribution in [0.1, 0.15) is 28.4 Å². The lowest BCUT2D eigenvalue weighted by atomic mass is 10.1. The second kappa shape index (κ2) is 5.44. The number of nitrogens with one attached hydrogen (secondary N) is 1. The van der Waals surface area contributed by atoms with E-state index in [9.17, 15) is 4.79 Å². The van der Waals surface area contributed by atoms with Crippen molar-refractivity contribution in [2.75, 3.05) is 0 Å². The summed E-state index contributed by atoms with van der Waals surface area (Å²) in [4.78, 5) is 14.9. The van der Waals surface area contributed by atoms with Crippen molar-refractivity contribution in [2.45, 2.75) is 20.5 Å². The van der Waals surface area contributed by atoms with Crippen LogP contribution >= 0.6 is 0 Å². The van der Waals surface area contributed by atoms with E-state index in [0.717, 1.165) is 27.8 Å². The van der Waals surface area contributed by atoms with Gasteiger partial charge in [0.05, 0.1) is 5.39 Å². The standard InChI is InChI=1S/C18H17NO2/c1-12-8-9-16-17(15(10-19-16)13(2)20)18(12)21-11-14-6-4-3-5-7-14/h3-10,19H,11H2,1-2H3. The van der Waals surface area contributed by atoms with E-state index in [1.54, 1.807) is 13.1 Å². The fourth-order valence-corrected chi connectivity index (χ4v) is 2.49. The van der Waals surface area contributed by atoms with Crippen LogP contribution in [0.15, 0.2) is 48.7 Å². The monoisotopic (exact) mass is 279 g/mol. The van der Waals surface area contributed by atoms with Crippen molar-refractivity contribution in [3.05, 3.63) is 65.4 Å². The molecule has 21 heavy (non-hydrogen) atoms. The van der Waals surface area contributed by atoms with E-state index in [2.05, 4.69) is 4.98 Å². The highest BCUT2D eigenvalue weighted by Crippen LogP contribution is 2.33. The number of rotatable bonds is 4. The SMILES string of the molecule is CC(=O)c1c[nH]c2ccc(C)c(OCc3ccccc3)c12. The fourth-order valence-electron chi connectivity index (χ4n) is 2.49. The van der Waals surface area contributed by atoms with Crippen LogP contribution in [0.25, 0.3) is 10.9 Å². The molecular formula is C18H17NO2. The highest BCUT2D eigenvalue weighted by molar-refractivity contribution is 6.09. The molecule has 0 radical (unpaired) electrons. The van der Waals surface area contributed by atoms with Gasteiger partial charge in [-0.2, -0.15) is 0 Å². The van der Waals surface area contributed by atoms with E-state index in [-0.39, 0.29) is 5.78 Å². The lowest BCUT2D eigenvalue weighted by molar-refractivity contribution is 0.101. The predicted octanol–water partition coefficient (Wildman–Crippen LogP) is 4.26. The molecule has 3 aromatic rings. The zero-order valence-electron chi connectivity index (χ0n) is 12.1. The molecule has 1 aromatic heterocycles. The largest absolute Gasteiger partial charge is 0.488 e. The van der Waals surface area contributed by atoms with Crippen LogP contribution in [0.5, 0.6) is 5.75 Å². The van der Waals surface area contributed by atoms with Crippen molar-refractivity contribution in [1.82, 2.24) is 4.98 Å². The van der Waals surface area contributed by atoms with Crippen LogP contribution in [0.3, 0.4) is 0 Å². The maximum absolute atomic E-state index is 11.8. The van der Waals surface area contributed by atoms with Crippen molar-refractivity contribution in [2.24, 2.45) is 0 Å². The van der Waals surface area contributed by atoms with Crippen molar-refractivity contribution in [1.29, 1.82) is 0 Å². The normalized spacial score (nSPS) is 10.8. The van der Waals surface area contributed by atoms with E-state index < -0.39 is 0 Å².